The molecule has 1 N–H and O–H groups in total. The average Bonchev–Trinajstić information content (AvgIpc) is 2.89. The van der Waals surface area contributed by atoms with E-state index in [9.17, 15) is 4.79 Å². The van der Waals surface area contributed by atoms with E-state index < -0.39 is 0 Å². The molecule has 1 amide bonds. The second kappa shape index (κ2) is 9.92. The normalized spacial score (nSPS) is 22.7. The topological polar surface area (TPSA) is 60.9 Å². The first-order chi connectivity index (χ1) is 16.5. The van der Waals surface area contributed by atoms with Crippen LogP contribution < -0.4 is 15.1 Å². The Kier molecular flexibility index (Phi) is 6.75. The largest absolute Gasteiger partial charge is 0.381 e. The summed E-state index contributed by atoms with van der Waals surface area (Å²) in [6, 6.07) is 12.9. The van der Waals surface area contributed by atoms with Crippen molar-refractivity contribution < 1.29 is 9.53 Å². The summed E-state index contributed by atoms with van der Waals surface area (Å²) < 4.78 is 5.57. The Bertz CT molecular complexity index is 997. The lowest BCUT2D eigenvalue weighted by Gasteiger charge is -2.44. The minimum atomic E-state index is -0.234. The summed E-state index contributed by atoms with van der Waals surface area (Å²) in [6.07, 6.45) is 4.30. The number of nitrogens with one attached hydrogen (secondary N) is 1. The van der Waals surface area contributed by atoms with Crippen LogP contribution in [0.5, 0.6) is 0 Å². The molecule has 182 valence electrons. The fourth-order valence-corrected chi connectivity index (χ4v) is 5.69. The molecule has 1 aromatic heterocycles. The van der Waals surface area contributed by atoms with Crippen LogP contribution in [-0.4, -0.2) is 67.8 Å². The number of amides is 1. The number of hydrogen-bond donors (Lipinski definition) is 1. The van der Waals surface area contributed by atoms with E-state index in [1.54, 1.807) is 4.90 Å². The fraction of sp³-hybridized carbons (Fsp3) is 0.556. The maximum atomic E-state index is 12.9. The maximum Gasteiger partial charge on any atom is 0.249 e. The third-order valence-electron chi connectivity index (χ3n) is 7.84. The summed E-state index contributed by atoms with van der Waals surface area (Å²) in [5.41, 5.74) is 3.33. The van der Waals surface area contributed by atoms with Crippen molar-refractivity contribution in [3.63, 3.8) is 0 Å². The van der Waals surface area contributed by atoms with E-state index >= 15 is 0 Å². The van der Waals surface area contributed by atoms with Crippen molar-refractivity contribution in [2.24, 2.45) is 0 Å². The summed E-state index contributed by atoms with van der Waals surface area (Å²) in [4.78, 5) is 24.4. The Balaban J connectivity index is 1.34. The van der Waals surface area contributed by atoms with Gasteiger partial charge in [0.25, 0.3) is 0 Å². The van der Waals surface area contributed by atoms with Crippen LogP contribution in [0.15, 0.2) is 36.4 Å². The van der Waals surface area contributed by atoms with E-state index in [-0.39, 0.29) is 18.0 Å². The summed E-state index contributed by atoms with van der Waals surface area (Å²) in [5, 5.41) is 3.49. The van der Waals surface area contributed by atoms with Gasteiger partial charge in [-0.3, -0.25) is 4.79 Å². The van der Waals surface area contributed by atoms with Crippen LogP contribution in [0.3, 0.4) is 0 Å². The van der Waals surface area contributed by atoms with Crippen LogP contribution in [0.2, 0.25) is 0 Å². The van der Waals surface area contributed by atoms with Crippen LogP contribution in [-0.2, 0) is 9.53 Å². The Morgan fingerprint density at radius 1 is 1.03 bits per heavy atom. The number of benzene rings is 1. The first-order valence-corrected chi connectivity index (χ1v) is 12.8. The lowest BCUT2D eigenvalue weighted by atomic mass is 9.89. The first kappa shape index (κ1) is 23.1. The van der Waals surface area contributed by atoms with Gasteiger partial charge in [0.15, 0.2) is 5.82 Å². The second-order valence-electron chi connectivity index (χ2n) is 9.82. The number of likely N-dealkylation sites (tertiary alicyclic amines) is 1. The number of likely N-dealkylation sites (N-methyl/N-ethyl adjacent to an activating group) is 1. The number of anilines is 4. The summed E-state index contributed by atoms with van der Waals surface area (Å²) >= 11 is 0. The SMILES string of the molecule is CCN1CCC(c2ccc(Nc3ccc4c(n3)N(C3CCOCC3)C(C)C(=O)N4C)cc2)CC1. The van der Waals surface area contributed by atoms with Crippen LogP contribution in [0.25, 0.3) is 0 Å². The van der Waals surface area contributed by atoms with Gasteiger partial charge in [0, 0.05) is 32.0 Å². The molecule has 5 rings (SSSR count). The van der Waals surface area contributed by atoms with E-state index in [2.05, 4.69) is 46.3 Å². The van der Waals surface area contributed by atoms with E-state index in [0.29, 0.717) is 5.92 Å². The minimum Gasteiger partial charge on any atom is -0.381 e. The van der Waals surface area contributed by atoms with Crippen molar-refractivity contribution in [2.45, 2.75) is 57.5 Å². The molecule has 1 atom stereocenters. The highest BCUT2D eigenvalue weighted by atomic mass is 16.5. The van der Waals surface area contributed by atoms with Crippen LogP contribution in [0.1, 0.15) is 51.0 Å². The predicted molar refractivity (Wildman–Crippen MR) is 137 cm³/mol. The van der Waals surface area contributed by atoms with Crippen LogP contribution in [0, 0.1) is 0 Å². The standard InChI is InChI=1S/C27H37N5O2/c1-4-31-15-11-21(12-16-31)20-5-7-22(8-6-20)28-25-10-9-24-26(29-25)32(19(2)27(33)30(24)3)23-13-17-34-18-14-23/h5-10,19,21,23H,4,11-18H2,1-3H3,(H,28,29). The predicted octanol–water partition coefficient (Wildman–Crippen LogP) is 4.37. The summed E-state index contributed by atoms with van der Waals surface area (Å²) in [7, 11) is 1.84. The van der Waals surface area contributed by atoms with Crippen LogP contribution in [0.4, 0.5) is 23.0 Å². The Morgan fingerprint density at radius 2 is 1.74 bits per heavy atom. The number of rotatable bonds is 5. The van der Waals surface area contributed by atoms with Gasteiger partial charge in [0.05, 0.1) is 5.69 Å². The quantitative estimate of drug-likeness (QED) is 0.710. The number of carbonyl (C=O) groups is 1. The lowest BCUT2D eigenvalue weighted by molar-refractivity contribution is -0.119. The van der Waals surface area contributed by atoms with Gasteiger partial charge >= 0.3 is 0 Å². The van der Waals surface area contributed by atoms with Crippen molar-refractivity contribution in [1.82, 2.24) is 9.88 Å². The zero-order valence-corrected chi connectivity index (χ0v) is 20.7. The number of piperidine rings is 1. The molecule has 3 aliphatic heterocycles. The van der Waals surface area contributed by atoms with Gasteiger partial charge in [0.1, 0.15) is 11.9 Å². The van der Waals surface area contributed by atoms with Gasteiger partial charge in [-0.05, 0) is 88.0 Å². The van der Waals surface area contributed by atoms with Gasteiger partial charge < -0.3 is 24.8 Å². The summed E-state index contributed by atoms with van der Waals surface area (Å²) in [6.45, 7) is 9.23. The van der Waals surface area contributed by atoms with E-state index in [4.69, 9.17) is 9.72 Å². The first-order valence-electron chi connectivity index (χ1n) is 12.8. The molecular formula is C27H37N5O2. The van der Waals surface area contributed by atoms with Crippen molar-refractivity contribution in [1.29, 1.82) is 0 Å². The van der Waals surface area contributed by atoms with E-state index in [0.717, 1.165) is 55.6 Å². The highest BCUT2D eigenvalue weighted by Crippen LogP contribution is 2.38. The molecule has 2 aromatic rings. The molecule has 7 nitrogen and oxygen atoms in total. The Hall–Kier alpha value is -2.64. The molecule has 7 heteroatoms. The van der Waals surface area contributed by atoms with Gasteiger partial charge in [-0.2, -0.15) is 0 Å². The molecule has 3 aliphatic rings. The van der Waals surface area contributed by atoms with Gasteiger partial charge in [-0.25, -0.2) is 4.98 Å². The lowest BCUT2D eigenvalue weighted by Crippen LogP contribution is -2.56. The maximum absolute atomic E-state index is 12.9. The highest BCUT2D eigenvalue weighted by Gasteiger charge is 2.39. The molecule has 0 radical (unpaired) electrons. The molecule has 0 spiro atoms. The molecule has 2 fully saturated rings. The number of pyridine rings is 1. The van der Waals surface area contributed by atoms with E-state index in [1.807, 2.05) is 26.1 Å². The third-order valence-corrected chi connectivity index (χ3v) is 7.84. The molecular weight excluding hydrogens is 426 g/mol. The molecule has 34 heavy (non-hydrogen) atoms. The minimum absolute atomic E-state index is 0.113. The molecule has 0 saturated carbocycles. The molecule has 0 bridgehead atoms. The molecule has 1 unspecified atom stereocenters. The number of ether oxygens (including phenoxy) is 1. The van der Waals surface area contributed by atoms with E-state index in [1.165, 1.54) is 31.5 Å². The number of fused-ring (bicyclic) bond motifs is 1. The number of hydrogen-bond acceptors (Lipinski definition) is 6. The van der Waals surface area contributed by atoms with Gasteiger partial charge in [0.2, 0.25) is 5.91 Å². The smallest absolute Gasteiger partial charge is 0.249 e. The molecule has 4 heterocycles. The fourth-order valence-electron chi connectivity index (χ4n) is 5.69. The second-order valence-corrected chi connectivity index (χ2v) is 9.82. The zero-order chi connectivity index (χ0) is 23.7. The number of nitrogens with zero attached hydrogens (tertiary/aromatic N) is 4. The van der Waals surface area contributed by atoms with Crippen molar-refractivity contribution in [2.75, 3.05) is 55.0 Å². The molecule has 1 aromatic carbocycles. The van der Waals surface area contributed by atoms with Gasteiger partial charge in [-0.15, -0.1) is 0 Å². The third kappa shape index (κ3) is 4.51. The Labute approximate surface area is 203 Å². The zero-order valence-electron chi connectivity index (χ0n) is 20.7. The van der Waals surface area contributed by atoms with Crippen molar-refractivity contribution in [3.05, 3.63) is 42.0 Å². The van der Waals surface area contributed by atoms with Gasteiger partial charge in [-0.1, -0.05) is 19.1 Å². The number of carbonyl (C=O) groups excluding carboxylic acids is 1. The molecule has 2 saturated heterocycles. The summed E-state index contributed by atoms with van der Waals surface area (Å²) in [5.74, 6) is 2.45. The number of aromatic nitrogens is 1. The average molecular weight is 464 g/mol. The van der Waals surface area contributed by atoms with Crippen LogP contribution >= 0.6 is 0 Å². The van der Waals surface area contributed by atoms with Crippen molar-refractivity contribution >= 4 is 28.9 Å². The highest BCUT2D eigenvalue weighted by molar-refractivity contribution is 6.04. The Morgan fingerprint density at radius 3 is 2.41 bits per heavy atom. The molecule has 0 aliphatic carbocycles. The monoisotopic (exact) mass is 463 g/mol. The van der Waals surface area contributed by atoms with Crippen molar-refractivity contribution in [3.8, 4) is 0 Å².